The molecule has 5 N–H and O–H groups in total. The Morgan fingerprint density at radius 2 is 1.67 bits per heavy atom. The maximum Gasteiger partial charge on any atom is 0.472 e. The van der Waals surface area contributed by atoms with Gasteiger partial charge in [0.25, 0.3) is 0 Å². The molecule has 244 valence electrons. The lowest BCUT2D eigenvalue weighted by atomic mass is 9.45. The summed E-state index contributed by atoms with van der Waals surface area (Å²) < 4.78 is 68.1. The Hall–Kier alpha value is -0.180. The molecule has 12 nitrogen and oxygen atoms in total. The zero-order valence-corrected chi connectivity index (χ0v) is 27.2. The largest absolute Gasteiger partial charge is 0.472 e. The third-order valence-corrected chi connectivity index (χ3v) is 14.0. The number of aliphatic hydroxyl groups excluding tert-OH is 2. The number of phosphoric ester groups is 1. The molecular formula is C28H49O12PS. The van der Waals surface area contributed by atoms with E-state index in [1.807, 2.05) is 6.92 Å². The van der Waals surface area contributed by atoms with Crippen molar-refractivity contribution in [3.05, 3.63) is 0 Å². The summed E-state index contributed by atoms with van der Waals surface area (Å²) in [5, 5.41) is 34.7. The van der Waals surface area contributed by atoms with Crippen LogP contribution in [0.15, 0.2) is 0 Å². The first-order valence-corrected chi connectivity index (χ1v) is 18.1. The van der Waals surface area contributed by atoms with Crippen molar-refractivity contribution in [2.75, 3.05) is 7.11 Å². The van der Waals surface area contributed by atoms with E-state index in [4.69, 9.17) is 18.0 Å². The first-order valence-electron chi connectivity index (χ1n) is 15.2. The predicted molar refractivity (Wildman–Crippen MR) is 150 cm³/mol. The van der Waals surface area contributed by atoms with Gasteiger partial charge in [-0.1, -0.05) is 41.5 Å². The van der Waals surface area contributed by atoms with Crippen molar-refractivity contribution in [3.63, 3.8) is 0 Å². The zero-order chi connectivity index (χ0) is 31.4. The van der Waals surface area contributed by atoms with E-state index < -0.39 is 77.0 Å². The Morgan fingerprint density at radius 1 is 1.02 bits per heavy atom. The highest BCUT2D eigenvalue weighted by atomic mass is 32.3. The van der Waals surface area contributed by atoms with Gasteiger partial charge in [0.1, 0.15) is 0 Å². The van der Waals surface area contributed by atoms with Gasteiger partial charge in [-0.3, -0.25) is 13.6 Å². The molecule has 0 spiro atoms. The van der Waals surface area contributed by atoms with Gasteiger partial charge >= 0.3 is 18.2 Å². The molecule has 0 aromatic carbocycles. The molecule has 16 atom stereocenters. The molecule has 0 amide bonds. The number of phosphoric acid groups is 1. The minimum atomic E-state index is -5.06. The van der Waals surface area contributed by atoms with Crippen LogP contribution in [-0.2, 0) is 32.9 Å². The highest BCUT2D eigenvalue weighted by molar-refractivity contribution is 7.80. The van der Waals surface area contributed by atoms with Crippen LogP contribution in [0.1, 0.15) is 73.6 Å². The second-order valence-corrected chi connectivity index (χ2v) is 17.3. The quantitative estimate of drug-likeness (QED) is 0.156. The van der Waals surface area contributed by atoms with E-state index in [-0.39, 0.29) is 42.6 Å². The standard InChI is InChI=1S/C28H49O12PS/c1-13(2)15(4)17-12-14(3)19-23(38-17)24(39-41(32,33)37-7)20-18-16(8-9-27(19,20)6)26(5)10-11-28(31,40-42(34,35)36)25(26)22(30)21(18)29/h13-25,29-31H,8-12H2,1-7H3,(H,32,33)(H,34,35,36)/t14-,15-,16+,17-,18-,19+,20-,21-,22-,23+,24+,25-,26-,27-,28-/m1/s1. The van der Waals surface area contributed by atoms with Crippen molar-refractivity contribution in [2.45, 2.75) is 110 Å². The van der Waals surface area contributed by atoms with Crippen molar-refractivity contribution in [1.82, 2.24) is 0 Å². The van der Waals surface area contributed by atoms with Crippen LogP contribution in [0, 0.1) is 58.2 Å². The topological polar surface area (TPSA) is 189 Å². The number of hydrogen-bond donors (Lipinski definition) is 5. The maximum atomic E-state index is 13.0. The van der Waals surface area contributed by atoms with Crippen LogP contribution in [0.5, 0.6) is 0 Å². The Bertz CT molecular complexity index is 1200. The summed E-state index contributed by atoms with van der Waals surface area (Å²) in [5.74, 6) is -4.38. The lowest BCUT2D eigenvalue weighted by molar-refractivity contribution is -0.267. The molecule has 1 unspecified atom stereocenters. The van der Waals surface area contributed by atoms with Crippen LogP contribution < -0.4 is 0 Å². The minimum Gasteiger partial charge on any atom is -0.390 e. The van der Waals surface area contributed by atoms with Gasteiger partial charge in [0.05, 0.1) is 30.5 Å². The smallest absolute Gasteiger partial charge is 0.390 e. The van der Waals surface area contributed by atoms with Gasteiger partial charge in [-0.25, -0.2) is 8.75 Å². The highest BCUT2D eigenvalue weighted by Crippen LogP contribution is 2.72. The summed E-state index contributed by atoms with van der Waals surface area (Å²) in [5.41, 5.74) is -1.37. The minimum absolute atomic E-state index is 0.0563. The van der Waals surface area contributed by atoms with E-state index in [1.54, 1.807) is 0 Å². The van der Waals surface area contributed by atoms with Crippen molar-refractivity contribution >= 4 is 18.2 Å². The van der Waals surface area contributed by atoms with Crippen molar-refractivity contribution < 1.29 is 55.7 Å². The Labute approximate surface area is 249 Å². The normalized spacial score (nSPS) is 52.6. The molecule has 14 heteroatoms. The molecule has 1 heterocycles. The second kappa shape index (κ2) is 10.7. The van der Waals surface area contributed by atoms with Crippen molar-refractivity contribution in [1.29, 1.82) is 0 Å². The summed E-state index contributed by atoms with van der Waals surface area (Å²) in [7, 11) is -8.47. The summed E-state index contributed by atoms with van der Waals surface area (Å²) >= 11 is 0. The van der Waals surface area contributed by atoms with E-state index in [0.29, 0.717) is 18.8 Å². The molecule has 4 saturated carbocycles. The Balaban J connectivity index is 1.59. The summed E-state index contributed by atoms with van der Waals surface area (Å²) in [4.78, 5) is 10.6. The van der Waals surface area contributed by atoms with Crippen LogP contribution >= 0.6 is 7.82 Å². The number of fused-ring (bicyclic) bond motifs is 7. The van der Waals surface area contributed by atoms with Gasteiger partial charge in [0.2, 0.25) is 0 Å². The fourth-order valence-corrected chi connectivity index (χ4v) is 11.7. The van der Waals surface area contributed by atoms with Crippen molar-refractivity contribution in [3.8, 4) is 0 Å². The molecule has 1 aliphatic heterocycles. The van der Waals surface area contributed by atoms with Gasteiger partial charge in [-0.15, -0.1) is 0 Å². The second-order valence-electron chi connectivity index (χ2n) is 14.8. The Kier molecular flexibility index (Phi) is 8.45. The first-order chi connectivity index (χ1) is 19.2. The van der Waals surface area contributed by atoms with Gasteiger partial charge in [-0.05, 0) is 77.9 Å². The average molecular weight is 641 g/mol. The molecule has 4 aliphatic carbocycles. The van der Waals surface area contributed by atoms with E-state index in [1.165, 1.54) is 0 Å². The molecule has 0 aromatic heterocycles. The molecule has 0 bridgehead atoms. The van der Waals surface area contributed by atoms with E-state index in [9.17, 15) is 37.7 Å². The molecular weight excluding hydrogens is 591 g/mol. The molecule has 5 aliphatic rings. The van der Waals surface area contributed by atoms with E-state index in [2.05, 4.69) is 34.6 Å². The summed E-state index contributed by atoms with van der Waals surface area (Å²) in [6, 6.07) is 0. The van der Waals surface area contributed by atoms with E-state index in [0.717, 1.165) is 13.5 Å². The lowest BCUT2D eigenvalue weighted by Crippen LogP contribution is -2.66. The van der Waals surface area contributed by atoms with Crippen LogP contribution in [-0.4, -0.2) is 76.6 Å². The van der Waals surface area contributed by atoms with Crippen LogP contribution in [0.25, 0.3) is 0 Å². The van der Waals surface area contributed by atoms with E-state index >= 15 is 0 Å². The third kappa shape index (κ3) is 5.07. The van der Waals surface area contributed by atoms with Crippen molar-refractivity contribution in [2.24, 2.45) is 58.2 Å². The molecule has 0 radical (unpaired) electrons. The Morgan fingerprint density at radius 3 is 2.24 bits per heavy atom. The number of aliphatic hydroxyl groups is 3. The number of hydrogen-bond acceptors (Lipinski definition) is 10. The summed E-state index contributed by atoms with van der Waals surface area (Å²) in [6.45, 7) is 12.6. The fourth-order valence-electron chi connectivity index (χ4n) is 10.5. The lowest BCUT2D eigenvalue weighted by Gasteiger charge is -2.61. The molecule has 5 fully saturated rings. The van der Waals surface area contributed by atoms with Gasteiger partial charge in [0.15, 0.2) is 5.79 Å². The SMILES string of the molecule is COP(=O)(O)O[C@@H]1[C@H]2O[C@@H]([C@H](C)C(C)C)C[C@@H](C)[C@@H]2[C@@]2(C)CC[C@H]3[C@@H]([C@@H](O)[C@@H](O)[C@@H]4[C@]3(C)CC[C@@]4(O)OS(=O)(=O)O)[C@H]12. The van der Waals surface area contributed by atoms with Gasteiger partial charge in [-0.2, -0.15) is 8.42 Å². The van der Waals surface area contributed by atoms with Crippen LogP contribution in [0.4, 0.5) is 0 Å². The van der Waals surface area contributed by atoms with Gasteiger partial charge < -0.3 is 24.9 Å². The fraction of sp³-hybridized carbons (Fsp3) is 1.00. The predicted octanol–water partition coefficient (Wildman–Crippen LogP) is 3.14. The average Bonchev–Trinajstić information content (AvgIpc) is 3.28. The molecule has 0 aromatic rings. The maximum absolute atomic E-state index is 13.0. The number of rotatable bonds is 7. The highest BCUT2D eigenvalue weighted by Gasteiger charge is 2.75. The summed E-state index contributed by atoms with van der Waals surface area (Å²) in [6.07, 6.45) is -2.44. The number of ether oxygens (including phenoxy) is 1. The monoisotopic (exact) mass is 640 g/mol. The molecule has 1 saturated heterocycles. The molecule has 5 rings (SSSR count). The van der Waals surface area contributed by atoms with Crippen LogP contribution in [0.3, 0.4) is 0 Å². The zero-order valence-electron chi connectivity index (χ0n) is 25.5. The first kappa shape index (κ1) is 33.2. The van der Waals surface area contributed by atoms with Gasteiger partial charge in [0, 0.05) is 19.4 Å². The third-order valence-electron chi connectivity index (χ3n) is 12.5. The van der Waals surface area contributed by atoms with Crippen LogP contribution in [0.2, 0.25) is 0 Å². The molecule has 42 heavy (non-hydrogen) atoms.